The summed E-state index contributed by atoms with van der Waals surface area (Å²) in [6.07, 6.45) is 1.15. The molecule has 0 N–H and O–H groups in total. The van der Waals surface area contributed by atoms with Gasteiger partial charge in [-0.05, 0) is 23.6 Å². The summed E-state index contributed by atoms with van der Waals surface area (Å²) in [7, 11) is 1.83. The van der Waals surface area contributed by atoms with Crippen molar-refractivity contribution in [3.05, 3.63) is 40.8 Å². The van der Waals surface area contributed by atoms with Crippen molar-refractivity contribution in [1.82, 2.24) is 4.90 Å². The summed E-state index contributed by atoms with van der Waals surface area (Å²) < 4.78 is 0. The Kier molecular flexibility index (Phi) is 3.34. The van der Waals surface area contributed by atoms with E-state index in [1.54, 1.807) is 16.7 Å². The molecule has 0 aliphatic carbocycles. The molecule has 2 nitrogen and oxygen atoms in total. The molecule has 3 heteroatoms. The van der Waals surface area contributed by atoms with Crippen LogP contribution in [0.4, 0.5) is 0 Å². The van der Waals surface area contributed by atoms with Crippen LogP contribution < -0.4 is 0 Å². The second kappa shape index (κ2) is 4.74. The van der Waals surface area contributed by atoms with Gasteiger partial charge in [-0.15, -0.1) is 11.8 Å². The molecule has 1 aromatic rings. The van der Waals surface area contributed by atoms with Gasteiger partial charge in [0.15, 0.2) is 0 Å². The highest BCUT2D eigenvalue weighted by Gasteiger charge is 2.28. The maximum atomic E-state index is 11.9. The highest BCUT2D eigenvalue weighted by Crippen LogP contribution is 2.32. The SMILES string of the molecule is CCCS/C=C1\c2ccccc2C(=O)N1C. The van der Waals surface area contributed by atoms with Crippen molar-refractivity contribution < 1.29 is 4.79 Å². The molecule has 84 valence electrons. The minimum atomic E-state index is 0.0962. The highest BCUT2D eigenvalue weighted by molar-refractivity contribution is 8.02. The first-order valence-electron chi connectivity index (χ1n) is 5.45. The molecular weight excluding hydrogens is 218 g/mol. The van der Waals surface area contributed by atoms with Crippen molar-refractivity contribution in [2.45, 2.75) is 13.3 Å². The molecule has 16 heavy (non-hydrogen) atoms. The van der Waals surface area contributed by atoms with Gasteiger partial charge in [0.2, 0.25) is 0 Å². The van der Waals surface area contributed by atoms with Crippen LogP contribution in [0.15, 0.2) is 29.7 Å². The lowest BCUT2D eigenvalue weighted by Crippen LogP contribution is -2.16. The molecule has 0 atom stereocenters. The Morgan fingerprint density at radius 2 is 2.00 bits per heavy atom. The van der Waals surface area contributed by atoms with Crippen LogP contribution in [0, 0.1) is 0 Å². The number of fused-ring (bicyclic) bond motifs is 1. The highest BCUT2D eigenvalue weighted by atomic mass is 32.2. The van der Waals surface area contributed by atoms with Crippen LogP contribution in [0.1, 0.15) is 29.3 Å². The normalized spacial score (nSPS) is 17.0. The number of hydrogen-bond donors (Lipinski definition) is 0. The summed E-state index contributed by atoms with van der Waals surface area (Å²) in [5.41, 5.74) is 2.89. The van der Waals surface area contributed by atoms with Gasteiger partial charge in [-0.3, -0.25) is 4.79 Å². The molecule has 2 rings (SSSR count). The van der Waals surface area contributed by atoms with Gasteiger partial charge < -0.3 is 4.90 Å². The topological polar surface area (TPSA) is 20.3 Å². The molecule has 0 fully saturated rings. The number of thioether (sulfide) groups is 1. The van der Waals surface area contributed by atoms with Gasteiger partial charge in [0, 0.05) is 18.2 Å². The molecule has 0 saturated heterocycles. The standard InChI is InChI=1S/C13H15NOS/c1-3-8-16-9-12-10-6-4-5-7-11(10)13(15)14(12)2/h4-7,9H,3,8H2,1-2H3/b12-9+. The van der Waals surface area contributed by atoms with Crippen LogP contribution in [0.3, 0.4) is 0 Å². The number of nitrogens with zero attached hydrogens (tertiary/aromatic N) is 1. The summed E-state index contributed by atoms with van der Waals surface area (Å²) in [5.74, 6) is 1.19. The van der Waals surface area contributed by atoms with Crippen molar-refractivity contribution in [2.24, 2.45) is 0 Å². The lowest BCUT2D eigenvalue weighted by atomic mass is 10.1. The van der Waals surface area contributed by atoms with Crippen molar-refractivity contribution >= 4 is 23.4 Å². The molecule has 0 radical (unpaired) electrons. The van der Waals surface area contributed by atoms with Crippen molar-refractivity contribution in [3.63, 3.8) is 0 Å². The average Bonchev–Trinajstić information content (AvgIpc) is 2.55. The molecule has 0 saturated carbocycles. The first-order valence-corrected chi connectivity index (χ1v) is 6.49. The zero-order chi connectivity index (χ0) is 11.5. The summed E-state index contributed by atoms with van der Waals surface area (Å²) >= 11 is 1.76. The maximum Gasteiger partial charge on any atom is 0.258 e. The van der Waals surface area contributed by atoms with E-state index < -0.39 is 0 Å². The molecule has 0 bridgehead atoms. The minimum Gasteiger partial charge on any atom is -0.310 e. The van der Waals surface area contributed by atoms with Crippen LogP contribution in [0.5, 0.6) is 0 Å². The van der Waals surface area contributed by atoms with Crippen LogP contribution in [0.2, 0.25) is 0 Å². The van der Waals surface area contributed by atoms with Crippen LogP contribution in [-0.2, 0) is 0 Å². The number of carbonyl (C=O) groups is 1. The first-order chi connectivity index (χ1) is 7.75. The fourth-order valence-corrected chi connectivity index (χ4v) is 2.56. The Bertz CT molecular complexity index is 439. The third kappa shape index (κ3) is 1.87. The van der Waals surface area contributed by atoms with Crippen LogP contribution in [-0.4, -0.2) is 23.6 Å². The van der Waals surface area contributed by atoms with Gasteiger partial charge in [0.1, 0.15) is 0 Å². The number of amides is 1. The fourth-order valence-electron chi connectivity index (χ4n) is 1.76. The van der Waals surface area contributed by atoms with Gasteiger partial charge in [0.05, 0.1) is 5.70 Å². The maximum absolute atomic E-state index is 11.9. The molecule has 1 aliphatic rings. The summed E-state index contributed by atoms with van der Waals surface area (Å²) in [6.45, 7) is 2.16. The predicted octanol–water partition coefficient (Wildman–Crippen LogP) is 3.21. The first kappa shape index (κ1) is 11.3. The Balaban J connectivity index is 2.33. The van der Waals surface area contributed by atoms with E-state index in [2.05, 4.69) is 12.3 Å². The number of hydrogen-bond acceptors (Lipinski definition) is 2. The Hall–Kier alpha value is -1.22. The zero-order valence-electron chi connectivity index (χ0n) is 9.56. The van der Waals surface area contributed by atoms with E-state index in [-0.39, 0.29) is 5.91 Å². The van der Waals surface area contributed by atoms with Gasteiger partial charge in [0.25, 0.3) is 5.91 Å². The molecule has 1 aliphatic heterocycles. The van der Waals surface area contributed by atoms with Gasteiger partial charge >= 0.3 is 0 Å². The van der Waals surface area contributed by atoms with Crippen LogP contribution >= 0.6 is 11.8 Å². The minimum absolute atomic E-state index is 0.0962. The molecule has 1 aromatic carbocycles. The monoisotopic (exact) mass is 233 g/mol. The Labute approximate surface area is 100 Å². The van der Waals surface area contributed by atoms with Gasteiger partial charge in [-0.2, -0.15) is 0 Å². The smallest absolute Gasteiger partial charge is 0.258 e. The average molecular weight is 233 g/mol. The Morgan fingerprint density at radius 1 is 1.31 bits per heavy atom. The summed E-state index contributed by atoms with van der Waals surface area (Å²) in [6, 6.07) is 7.78. The molecule has 0 unspecified atom stereocenters. The van der Waals surface area contributed by atoms with Crippen molar-refractivity contribution in [1.29, 1.82) is 0 Å². The lowest BCUT2D eigenvalue weighted by molar-refractivity contribution is 0.0875. The van der Waals surface area contributed by atoms with Crippen LogP contribution in [0.25, 0.3) is 5.70 Å². The molecule has 0 aromatic heterocycles. The summed E-state index contributed by atoms with van der Waals surface area (Å²) in [5, 5.41) is 2.09. The van der Waals surface area contributed by atoms with E-state index >= 15 is 0 Å². The number of carbonyl (C=O) groups excluding carboxylic acids is 1. The van der Waals surface area contributed by atoms with Crippen molar-refractivity contribution in [2.75, 3.05) is 12.8 Å². The largest absolute Gasteiger partial charge is 0.310 e. The van der Waals surface area contributed by atoms with Crippen molar-refractivity contribution in [3.8, 4) is 0 Å². The van der Waals surface area contributed by atoms with E-state index in [9.17, 15) is 4.79 Å². The van der Waals surface area contributed by atoms with E-state index in [4.69, 9.17) is 0 Å². The molecule has 1 amide bonds. The van der Waals surface area contributed by atoms with E-state index in [0.717, 1.165) is 29.0 Å². The third-order valence-corrected chi connectivity index (χ3v) is 3.65. The lowest BCUT2D eigenvalue weighted by Gasteiger charge is -2.10. The van der Waals surface area contributed by atoms with Gasteiger partial charge in [-0.1, -0.05) is 25.1 Å². The third-order valence-electron chi connectivity index (χ3n) is 2.62. The fraction of sp³-hybridized carbons (Fsp3) is 0.308. The predicted molar refractivity (Wildman–Crippen MR) is 69.3 cm³/mol. The second-order valence-corrected chi connectivity index (χ2v) is 4.76. The molecule has 1 heterocycles. The second-order valence-electron chi connectivity index (χ2n) is 3.78. The van der Waals surface area contributed by atoms with Gasteiger partial charge in [-0.25, -0.2) is 0 Å². The van der Waals surface area contributed by atoms with E-state index in [0.29, 0.717) is 0 Å². The molecule has 0 spiro atoms. The number of benzene rings is 1. The molecular formula is C13H15NOS. The number of rotatable bonds is 3. The zero-order valence-corrected chi connectivity index (χ0v) is 10.4. The quantitative estimate of drug-likeness (QED) is 0.747. The van der Waals surface area contributed by atoms with E-state index in [1.807, 2.05) is 31.3 Å². The Morgan fingerprint density at radius 3 is 2.69 bits per heavy atom. The summed E-state index contributed by atoms with van der Waals surface area (Å²) in [4.78, 5) is 13.6. The van der Waals surface area contributed by atoms with E-state index in [1.165, 1.54) is 0 Å².